The average Bonchev–Trinajstić information content (AvgIpc) is 2.34. The first-order valence-corrected chi connectivity index (χ1v) is 7.56. The predicted octanol–water partition coefficient (Wildman–Crippen LogP) is 4.04. The van der Waals surface area contributed by atoms with Gasteiger partial charge in [-0.05, 0) is 46.7 Å². The molecule has 2 nitrogen and oxygen atoms in total. The summed E-state index contributed by atoms with van der Waals surface area (Å²) in [6.45, 7) is 7.26. The van der Waals surface area contributed by atoms with Gasteiger partial charge in [-0.1, -0.05) is 28.1 Å². The van der Waals surface area contributed by atoms with Crippen LogP contribution in [0, 0.1) is 10.1 Å². The second kappa shape index (κ2) is 7.83. The Hall–Kier alpha value is -0.410. The number of carbonyl (C=O) groups is 1. The Morgan fingerprint density at radius 2 is 2.29 bits per heavy atom. The molecule has 1 aromatic carbocycles. The summed E-state index contributed by atoms with van der Waals surface area (Å²) in [6, 6.07) is 8.02. The molecule has 0 heterocycles. The van der Waals surface area contributed by atoms with Crippen molar-refractivity contribution in [2.45, 2.75) is 18.8 Å². The van der Waals surface area contributed by atoms with Crippen molar-refractivity contribution in [3.63, 3.8) is 0 Å². The largest absolute Gasteiger partial charge is 0.317 e. The highest BCUT2D eigenvalue weighted by molar-refractivity contribution is 14.1. The molecule has 0 aromatic heterocycles. The van der Waals surface area contributed by atoms with Gasteiger partial charge in [0.1, 0.15) is 0 Å². The summed E-state index contributed by atoms with van der Waals surface area (Å²) in [6.07, 6.45) is 1.53. The summed E-state index contributed by atoms with van der Waals surface area (Å²) in [5.41, 5.74) is 1.06. The summed E-state index contributed by atoms with van der Waals surface area (Å²) < 4.78 is 1.14. The molecule has 1 atom stereocenters. The summed E-state index contributed by atoms with van der Waals surface area (Å²) in [5, 5.41) is 0.376. The topological polar surface area (TPSA) is 21.4 Å². The van der Waals surface area contributed by atoms with Crippen LogP contribution in [0.5, 0.6) is 0 Å². The molecule has 1 unspecified atom stereocenters. The number of benzene rings is 1. The van der Waals surface area contributed by atoms with E-state index >= 15 is 0 Å². The molecule has 0 N–H and O–H groups in total. The lowest BCUT2D eigenvalue weighted by Gasteiger charge is -2.14. The molecule has 0 saturated heterocycles. The minimum atomic E-state index is -0.0779. The van der Waals surface area contributed by atoms with E-state index in [1.807, 2.05) is 24.3 Å². The van der Waals surface area contributed by atoms with Crippen molar-refractivity contribution in [2.75, 3.05) is 11.9 Å². The van der Waals surface area contributed by atoms with E-state index in [9.17, 15) is 4.79 Å². The van der Waals surface area contributed by atoms with Crippen molar-refractivity contribution in [1.82, 2.24) is 0 Å². The maximum atomic E-state index is 11.9. The van der Waals surface area contributed by atoms with E-state index in [1.165, 1.54) is 0 Å². The van der Waals surface area contributed by atoms with Crippen LogP contribution in [0.3, 0.4) is 0 Å². The maximum absolute atomic E-state index is 11.9. The zero-order chi connectivity index (χ0) is 12.7. The molecule has 17 heavy (non-hydrogen) atoms. The zero-order valence-electron chi connectivity index (χ0n) is 9.33. The van der Waals surface area contributed by atoms with Crippen LogP contribution >= 0.6 is 38.5 Å². The molecule has 90 valence electrons. The van der Waals surface area contributed by atoms with E-state index in [4.69, 9.17) is 6.57 Å². The number of hydrogen-bond acceptors (Lipinski definition) is 1. The minimum absolute atomic E-state index is 0.0779. The Bertz CT molecular complexity index is 428. The number of halogens is 2. The quantitative estimate of drug-likeness (QED) is 0.303. The monoisotopic (exact) mass is 405 g/mol. The molecule has 0 aliphatic rings. The number of Topliss-reactive ketones (excluding diaryl/α,β-unsaturated/α-hetero) is 1. The molecular weight excluding hydrogens is 393 g/mol. The first-order valence-electron chi connectivity index (χ1n) is 5.36. The SMILES string of the molecule is [C-]#[N+]CCCC(C(=O)CBr)c1cccc(I)c1. The van der Waals surface area contributed by atoms with Crippen molar-refractivity contribution in [2.24, 2.45) is 0 Å². The van der Waals surface area contributed by atoms with E-state index in [0.717, 1.165) is 22.0 Å². The van der Waals surface area contributed by atoms with Crippen molar-refractivity contribution >= 4 is 44.3 Å². The molecule has 0 aliphatic carbocycles. The van der Waals surface area contributed by atoms with Crippen LogP contribution in [0.2, 0.25) is 0 Å². The van der Waals surface area contributed by atoms with E-state index < -0.39 is 0 Å². The Balaban J connectivity index is 2.83. The number of rotatable bonds is 6. The Kier molecular flexibility index (Phi) is 6.75. The van der Waals surface area contributed by atoms with Gasteiger partial charge in [0.25, 0.3) is 0 Å². The smallest absolute Gasteiger partial charge is 0.214 e. The van der Waals surface area contributed by atoms with Gasteiger partial charge in [0.15, 0.2) is 5.78 Å². The van der Waals surface area contributed by atoms with Crippen LogP contribution in [-0.2, 0) is 4.79 Å². The fourth-order valence-electron chi connectivity index (χ4n) is 1.70. The normalized spacial score (nSPS) is 11.8. The molecule has 0 aliphatic heterocycles. The van der Waals surface area contributed by atoms with Gasteiger partial charge >= 0.3 is 0 Å². The van der Waals surface area contributed by atoms with Crippen LogP contribution in [0.25, 0.3) is 4.85 Å². The van der Waals surface area contributed by atoms with Gasteiger partial charge < -0.3 is 4.85 Å². The summed E-state index contributed by atoms with van der Waals surface area (Å²) in [5.74, 6) is 0.114. The van der Waals surface area contributed by atoms with E-state index in [1.54, 1.807) is 0 Å². The predicted molar refractivity (Wildman–Crippen MR) is 81.4 cm³/mol. The Labute approximate surface area is 124 Å². The van der Waals surface area contributed by atoms with Crippen molar-refractivity contribution in [3.8, 4) is 0 Å². The van der Waals surface area contributed by atoms with Gasteiger partial charge in [-0.2, -0.15) is 0 Å². The lowest BCUT2D eigenvalue weighted by Crippen LogP contribution is -2.14. The molecule has 0 fully saturated rings. The number of alkyl halides is 1. The lowest BCUT2D eigenvalue weighted by atomic mass is 9.91. The number of hydrogen-bond donors (Lipinski definition) is 0. The summed E-state index contributed by atoms with van der Waals surface area (Å²) in [4.78, 5) is 15.2. The third-order valence-electron chi connectivity index (χ3n) is 2.53. The first kappa shape index (κ1) is 14.7. The molecule has 0 radical (unpaired) electrons. The Morgan fingerprint density at radius 3 is 2.88 bits per heavy atom. The van der Waals surface area contributed by atoms with Gasteiger partial charge in [-0.25, -0.2) is 6.57 Å². The number of ketones is 1. The number of nitrogens with zero attached hydrogens (tertiary/aromatic N) is 1. The third kappa shape index (κ3) is 4.76. The van der Waals surface area contributed by atoms with Gasteiger partial charge in [0.2, 0.25) is 6.54 Å². The molecule has 0 saturated carbocycles. The molecule has 0 spiro atoms. The van der Waals surface area contributed by atoms with Crippen molar-refractivity contribution in [1.29, 1.82) is 0 Å². The van der Waals surface area contributed by atoms with Crippen molar-refractivity contribution < 1.29 is 4.79 Å². The van der Waals surface area contributed by atoms with Crippen LogP contribution in [0.4, 0.5) is 0 Å². The van der Waals surface area contributed by atoms with Gasteiger partial charge in [0.05, 0.1) is 5.33 Å². The highest BCUT2D eigenvalue weighted by Gasteiger charge is 2.19. The van der Waals surface area contributed by atoms with E-state index in [0.29, 0.717) is 11.9 Å². The number of carbonyl (C=O) groups excluding carboxylic acids is 1. The van der Waals surface area contributed by atoms with Crippen LogP contribution in [0.15, 0.2) is 24.3 Å². The Morgan fingerprint density at radius 1 is 1.53 bits per heavy atom. The van der Waals surface area contributed by atoms with Gasteiger partial charge in [0, 0.05) is 15.9 Å². The minimum Gasteiger partial charge on any atom is -0.317 e. The van der Waals surface area contributed by atoms with Gasteiger partial charge in [-0.3, -0.25) is 4.79 Å². The van der Waals surface area contributed by atoms with Crippen LogP contribution in [-0.4, -0.2) is 17.7 Å². The second-order valence-corrected chi connectivity index (χ2v) is 5.54. The fourth-order valence-corrected chi connectivity index (χ4v) is 2.66. The summed E-state index contributed by atoms with van der Waals surface area (Å²) in [7, 11) is 0. The standard InChI is InChI=1S/C13H13BrINO/c1-16-7-3-6-12(13(17)9-14)10-4-2-5-11(15)8-10/h2,4-5,8,12H,3,6-7,9H2. The third-order valence-corrected chi connectivity index (χ3v) is 3.76. The van der Waals surface area contributed by atoms with Crippen LogP contribution < -0.4 is 0 Å². The molecule has 0 bridgehead atoms. The fraction of sp³-hybridized carbons (Fsp3) is 0.385. The average molecular weight is 406 g/mol. The van der Waals surface area contributed by atoms with Crippen LogP contribution in [0.1, 0.15) is 24.3 Å². The summed E-state index contributed by atoms with van der Waals surface area (Å²) >= 11 is 5.48. The molecule has 4 heteroatoms. The zero-order valence-corrected chi connectivity index (χ0v) is 13.1. The molecule has 1 rings (SSSR count). The molecular formula is C13H13BrINO. The molecule has 0 amide bonds. The van der Waals surface area contributed by atoms with Crippen molar-refractivity contribution in [3.05, 3.63) is 44.8 Å². The van der Waals surface area contributed by atoms with E-state index in [2.05, 4.69) is 43.4 Å². The maximum Gasteiger partial charge on any atom is 0.214 e. The van der Waals surface area contributed by atoms with E-state index in [-0.39, 0.29) is 11.7 Å². The highest BCUT2D eigenvalue weighted by atomic mass is 127. The lowest BCUT2D eigenvalue weighted by molar-refractivity contribution is -0.118. The first-order chi connectivity index (χ1) is 8.19. The second-order valence-electron chi connectivity index (χ2n) is 3.73. The van der Waals surface area contributed by atoms with Gasteiger partial charge in [-0.15, -0.1) is 0 Å². The highest BCUT2D eigenvalue weighted by Crippen LogP contribution is 2.24. The molecule has 1 aromatic rings.